The molecule has 4 aliphatic rings. The number of hydrogen-bond donors (Lipinski definition) is 1. The molecule has 12 heteroatoms. The second-order valence-electron chi connectivity index (χ2n) is 9.86. The molecule has 1 N–H and O–H groups in total. The Hall–Kier alpha value is -1.62. The van der Waals surface area contributed by atoms with Crippen molar-refractivity contribution in [2.75, 3.05) is 19.1 Å². The molecule has 1 saturated carbocycles. The lowest BCUT2D eigenvalue weighted by Gasteiger charge is -2.50. The van der Waals surface area contributed by atoms with Crippen LogP contribution in [-0.4, -0.2) is 67.4 Å². The van der Waals surface area contributed by atoms with Crippen molar-refractivity contribution >= 4 is 78.7 Å². The van der Waals surface area contributed by atoms with Crippen molar-refractivity contribution in [2.24, 2.45) is 17.8 Å². The highest BCUT2D eigenvalue weighted by Crippen LogP contribution is 2.66. The number of halogens is 4. The number of nitrogens with zero attached hydrogens (tertiary/aromatic N) is 2. The second-order valence-corrected chi connectivity index (χ2v) is 12.5. The lowest BCUT2D eigenvalue weighted by molar-refractivity contribution is -0.141. The van der Waals surface area contributed by atoms with Gasteiger partial charge in [0.25, 0.3) is 11.8 Å². The molecule has 2 aliphatic carbocycles. The minimum absolute atomic E-state index is 0.0967. The summed E-state index contributed by atoms with van der Waals surface area (Å²) in [6.45, 7) is 2.19. The van der Waals surface area contributed by atoms with Crippen LogP contribution in [0, 0.1) is 17.8 Å². The lowest BCUT2D eigenvalue weighted by Crippen LogP contribution is -2.60. The highest BCUT2D eigenvalue weighted by atomic mass is 79.9. The molecular weight excluding hydrogens is 655 g/mol. The molecule has 0 aromatic heterocycles. The zero-order chi connectivity index (χ0) is 27.0. The number of carbonyl (C=O) groups excluding carboxylic acids is 4. The predicted octanol–water partition coefficient (Wildman–Crippen LogP) is 4.28. The number of likely N-dealkylation sites (tertiary alicyclic amines) is 2. The van der Waals surface area contributed by atoms with E-state index in [0.717, 1.165) is 4.90 Å². The molecule has 0 radical (unpaired) electrons. The van der Waals surface area contributed by atoms with E-state index in [1.807, 2.05) is 13.0 Å². The van der Waals surface area contributed by atoms with Gasteiger partial charge in [-0.15, -0.1) is 23.2 Å². The fraction of sp³-hybridized carbons (Fsp3) is 0.520. The topological polar surface area (TPSA) is 104 Å². The van der Waals surface area contributed by atoms with Crippen molar-refractivity contribution in [3.63, 3.8) is 0 Å². The van der Waals surface area contributed by atoms with Gasteiger partial charge in [-0.3, -0.25) is 29.0 Å². The van der Waals surface area contributed by atoms with Crippen LogP contribution in [0.3, 0.4) is 0 Å². The highest BCUT2D eigenvalue weighted by molar-refractivity contribution is 9.10. The van der Waals surface area contributed by atoms with Crippen LogP contribution in [-0.2, 0) is 19.2 Å². The summed E-state index contributed by atoms with van der Waals surface area (Å²) < 4.78 is 5.89. The number of phenols is 1. The molecule has 1 aromatic rings. The number of benzene rings is 1. The van der Waals surface area contributed by atoms with E-state index in [1.165, 1.54) is 12.0 Å². The summed E-state index contributed by atoms with van der Waals surface area (Å²) in [5, 5.41) is 11.2. The van der Waals surface area contributed by atoms with Crippen LogP contribution < -0.4 is 4.74 Å². The quantitative estimate of drug-likeness (QED) is 0.216. The third-order valence-corrected chi connectivity index (χ3v) is 10.5. The second kappa shape index (κ2) is 9.24. The maximum Gasteiger partial charge on any atom is 0.254 e. The summed E-state index contributed by atoms with van der Waals surface area (Å²) in [5.41, 5.74) is 0.728. The summed E-state index contributed by atoms with van der Waals surface area (Å²) in [5.74, 6) is -5.06. The molecule has 0 spiro atoms. The summed E-state index contributed by atoms with van der Waals surface area (Å²) in [6.07, 6.45) is 2.63. The van der Waals surface area contributed by atoms with Gasteiger partial charge in [-0.1, -0.05) is 50.4 Å². The number of alkyl halides is 3. The molecule has 37 heavy (non-hydrogen) atoms. The molecule has 1 aromatic carbocycles. The average molecular weight is 679 g/mol. The van der Waals surface area contributed by atoms with Gasteiger partial charge in [0.15, 0.2) is 21.2 Å². The first-order valence-electron chi connectivity index (χ1n) is 11.9. The fourth-order valence-corrected chi connectivity index (χ4v) is 8.45. The molecule has 5 rings (SSSR count). The van der Waals surface area contributed by atoms with Crippen molar-refractivity contribution in [3.05, 3.63) is 33.8 Å². The SMILES string of the molecule is CCCN1C(=O)[C@H]2[C@H](CC=C3[C@H]2C[C@@]2(Cl)C(=O)N(CBr)C(=O)[C@@]2(Cl)[C@H]3c2cc(Br)cc(OC)c2O)C1=O. The number of carbonyl (C=O) groups is 4. The Morgan fingerprint density at radius 3 is 2.43 bits per heavy atom. The van der Waals surface area contributed by atoms with Crippen molar-refractivity contribution in [1.82, 2.24) is 9.80 Å². The maximum atomic E-state index is 13.8. The molecule has 3 fully saturated rings. The largest absolute Gasteiger partial charge is 0.504 e. The van der Waals surface area contributed by atoms with E-state index in [2.05, 4.69) is 31.9 Å². The average Bonchev–Trinajstić information content (AvgIpc) is 3.19. The standard InChI is InChI=1S/C25H24Br2Cl2N2O6/c1-3-6-30-20(33)13-5-4-12-15(17(13)21(30)34)9-24(28)22(35)31(10-26)23(36)25(24,29)18(12)14-7-11(27)8-16(37-2)19(14)32/h4,7-8,13,15,17-18,32H,3,5-6,9-10H2,1-2H3/t13-,15+,17-,18+,24+,25-/m0/s1. The van der Waals surface area contributed by atoms with Crippen LogP contribution in [0.15, 0.2) is 28.3 Å². The number of ether oxygens (including phenoxy) is 1. The van der Waals surface area contributed by atoms with Crippen LogP contribution in [0.1, 0.15) is 37.7 Å². The molecule has 2 heterocycles. The Morgan fingerprint density at radius 1 is 1.11 bits per heavy atom. The molecule has 2 aliphatic heterocycles. The van der Waals surface area contributed by atoms with Crippen molar-refractivity contribution < 1.29 is 29.0 Å². The van der Waals surface area contributed by atoms with E-state index in [-0.39, 0.29) is 47.2 Å². The molecule has 2 saturated heterocycles. The summed E-state index contributed by atoms with van der Waals surface area (Å²) >= 11 is 21.0. The van der Waals surface area contributed by atoms with E-state index < -0.39 is 45.2 Å². The van der Waals surface area contributed by atoms with Gasteiger partial charge in [-0.2, -0.15) is 0 Å². The number of phenolic OH excluding ortho intramolecular Hbond substituents is 1. The Morgan fingerprint density at radius 2 is 1.81 bits per heavy atom. The van der Waals surface area contributed by atoms with Crippen LogP contribution in [0.4, 0.5) is 0 Å². The van der Waals surface area contributed by atoms with E-state index in [9.17, 15) is 24.3 Å². The monoisotopic (exact) mass is 676 g/mol. The minimum Gasteiger partial charge on any atom is -0.504 e. The Bertz CT molecular complexity index is 1270. The minimum atomic E-state index is -1.99. The molecular formula is C25H24Br2Cl2N2O6. The van der Waals surface area contributed by atoms with Gasteiger partial charge in [-0.25, -0.2) is 0 Å². The number of amides is 4. The third kappa shape index (κ3) is 3.44. The van der Waals surface area contributed by atoms with Gasteiger partial charge in [0, 0.05) is 22.5 Å². The van der Waals surface area contributed by atoms with Crippen molar-refractivity contribution in [3.8, 4) is 11.5 Å². The van der Waals surface area contributed by atoms with Gasteiger partial charge in [-0.05, 0) is 37.3 Å². The Kier molecular flexibility index (Phi) is 6.74. The summed E-state index contributed by atoms with van der Waals surface area (Å²) in [6, 6.07) is 3.17. The first-order valence-corrected chi connectivity index (χ1v) is 14.6. The Labute approximate surface area is 240 Å². The third-order valence-electron chi connectivity index (χ3n) is 8.15. The Balaban J connectivity index is 1.76. The summed E-state index contributed by atoms with van der Waals surface area (Å²) in [4.78, 5) is 52.4. The van der Waals surface area contributed by atoms with Crippen LogP contribution in [0.2, 0.25) is 0 Å². The number of hydrogen-bond acceptors (Lipinski definition) is 6. The normalized spacial score (nSPS) is 34.9. The first kappa shape index (κ1) is 27.0. The van der Waals surface area contributed by atoms with Crippen LogP contribution in [0.25, 0.3) is 0 Å². The van der Waals surface area contributed by atoms with Gasteiger partial charge >= 0.3 is 0 Å². The number of methoxy groups -OCH3 is 1. The number of imide groups is 2. The fourth-order valence-electron chi connectivity index (χ4n) is 6.58. The van der Waals surface area contributed by atoms with Gasteiger partial charge in [0.1, 0.15) is 0 Å². The molecule has 8 nitrogen and oxygen atoms in total. The number of allylic oxidation sites excluding steroid dienone is 2. The van der Waals surface area contributed by atoms with Gasteiger partial charge < -0.3 is 9.84 Å². The van der Waals surface area contributed by atoms with E-state index >= 15 is 0 Å². The van der Waals surface area contributed by atoms with E-state index in [1.54, 1.807) is 12.1 Å². The number of aromatic hydroxyl groups is 1. The number of fused-ring (bicyclic) bond motifs is 4. The van der Waals surface area contributed by atoms with Gasteiger partial charge in [0.05, 0.1) is 24.4 Å². The highest BCUT2D eigenvalue weighted by Gasteiger charge is 2.76. The van der Waals surface area contributed by atoms with Crippen LogP contribution in [0.5, 0.6) is 11.5 Å². The summed E-state index contributed by atoms with van der Waals surface area (Å²) in [7, 11) is 1.39. The molecule has 0 unspecified atom stereocenters. The molecule has 6 atom stereocenters. The zero-order valence-electron chi connectivity index (χ0n) is 20.0. The van der Waals surface area contributed by atoms with Crippen molar-refractivity contribution in [2.45, 2.75) is 41.9 Å². The number of rotatable bonds is 5. The first-order chi connectivity index (χ1) is 17.5. The maximum absolute atomic E-state index is 13.8. The van der Waals surface area contributed by atoms with Crippen molar-refractivity contribution in [1.29, 1.82) is 0 Å². The van der Waals surface area contributed by atoms with E-state index in [4.69, 9.17) is 27.9 Å². The van der Waals surface area contributed by atoms with Crippen LogP contribution >= 0.6 is 55.1 Å². The smallest absolute Gasteiger partial charge is 0.254 e. The molecule has 198 valence electrons. The van der Waals surface area contributed by atoms with E-state index in [0.29, 0.717) is 23.0 Å². The zero-order valence-corrected chi connectivity index (χ0v) is 24.7. The lowest BCUT2D eigenvalue weighted by atomic mass is 9.56. The molecule has 4 amide bonds. The van der Waals surface area contributed by atoms with Gasteiger partial charge in [0.2, 0.25) is 11.8 Å². The molecule has 0 bridgehead atoms. The predicted molar refractivity (Wildman–Crippen MR) is 143 cm³/mol.